The van der Waals surface area contributed by atoms with Crippen LogP contribution in [0.3, 0.4) is 0 Å². The van der Waals surface area contributed by atoms with Crippen molar-refractivity contribution < 1.29 is 24.2 Å². The van der Waals surface area contributed by atoms with E-state index in [4.69, 9.17) is 14.6 Å². The summed E-state index contributed by atoms with van der Waals surface area (Å²) in [5.74, 6) is -0.332. The molecule has 0 aromatic rings. The second-order valence-corrected chi connectivity index (χ2v) is 6.22. The number of hydrogen-bond acceptors (Lipinski definition) is 5. The van der Waals surface area contributed by atoms with Crippen LogP contribution in [0.2, 0.25) is 0 Å². The molecule has 0 radical (unpaired) electrons. The molecule has 1 fully saturated rings. The van der Waals surface area contributed by atoms with Gasteiger partial charge in [-0.25, -0.2) is 9.59 Å². The fourth-order valence-corrected chi connectivity index (χ4v) is 2.61. The summed E-state index contributed by atoms with van der Waals surface area (Å²) in [6.07, 6.45) is 0.417. The molecule has 6 heteroatoms. The highest BCUT2D eigenvalue weighted by atomic mass is 16.6. The van der Waals surface area contributed by atoms with Crippen LogP contribution in [0.4, 0.5) is 4.79 Å². The smallest absolute Gasteiger partial charge is 0.411 e. The molecule has 0 aromatic heterocycles. The van der Waals surface area contributed by atoms with Crippen molar-refractivity contribution in [3.05, 3.63) is 0 Å². The van der Waals surface area contributed by atoms with Gasteiger partial charge in [0.25, 0.3) is 0 Å². The third kappa shape index (κ3) is 3.85. The van der Waals surface area contributed by atoms with Crippen LogP contribution >= 0.6 is 0 Å². The highest BCUT2D eigenvalue weighted by molar-refractivity contribution is 5.82. The number of carbonyl (C=O) groups is 2. The van der Waals surface area contributed by atoms with Gasteiger partial charge in [0, 0.05) is 12.6 Å². The molecule has 0 spiro atoms. The Morgan fingerprint density at radius 1 is 1.35 bits per heavy atom. The molecule has 0 aromatic carbocycles. The fraction of sp³-hybridized carbons (Fsp3) is 0.857. The van der Waals surface area contributed by atoms with Crippen molar-refractivity contribution in [3.8, 4) is 0 Å². The van der Waals surface area contributed by atoms with E-state index in [1.54, 1.807) is 20.8 Å². The second-order valence-electron chi connectivity index (χ2n) is 6.22. The molecule has 1 aliphatic heterocycles. The molecular weight excluding hydrogens is 262 g/mol. The average Bonchev–Trinajstić information content (AvgIpc) is 2.64. The average molecular weight is 287 g/mol. The van der Waals surface area contributed by atoms with Gasteiger partial charge in [-0.2, -0.15) is 0 Å². The van der Waals surface area contributed by atoms with Crippen LogP contribution in [0, 0.1) is 5.92 Å². The van der Waals surface area contributed by atoms with E-state index < -0.39 is 23.7 Å². The maximum Gasteiger partial charge on any atom is 0.411 e. The lowest BCUT2D eigenvalue weighted by Crippen LogP contribution is -2.48. The van der Waals surface area contributed by atoms with E-state index in [-0.39, 0.29) is 18.6 Å². The Morgan fingerprint density at radius 2 is 1.95 bits per heavy atom. The van der Waals surface area contributed by atoms with Crippen LogP contribution in [0.25, 0.3) is 0 Å². The summed E-state index contributed by atoms with van der Waals surface area (Å²) in [7, 11) is 1.31. The molecule has 6 nitrogen and oxygen atoms in total. The highest BCUT2D eigenvalue weighted by Crippen LogP contribution is 2.33. The maximum absolute atomic E-state index is 12.3. The van der Waals surface area contributed by atoms with Gasteiger partial charge >= 0.3 is 12.1 Å². The lowest BCUT2D eigenvalue weighted by molar-refractivity contribution is -0.146. The Morgan fingerprint density at radius 3 is 2.40 bits per heavy atom. The van der Waals surface area contributed by atoms with Crippen LogP contribution < -0.4 is 0 Å². The molecule has 0 aliphatic carbocycles. The predicted molar refractivity (Wildman–Crippen MR) is 73.1 cm³/mol. The first-order valence-corrected chi connectivity index (χ1v) is 6.91. The van der Waals surface area contributed by atoms with Gasteiger partial charge in [0.05, 0.1) is 7.11 Å². The topological polar surface area (TPSA) is 76.1 Å². The number of carbonyl (C=O) groups excluding carboxylic acids is 2. The van der Waals surface area contributed by atoms with Crippen molar-refractivity contribution in [2.24, 2.45) is 5.92 Å². The van der Waals surface area contributed by atoms with Gasteiger partial charge in [-0.1, -0.05) is 6.92 Å². The number of rotatable bonds is 3. The lowest BCUT2D eigenvalue weighted by Gasteiger charge is -2.32. The number of esters is 1. The molecule has 1 N–H and O–H groups in total. The summed E-state index contributed by atoms with van der Waals surface area (Å²) in [6, 6.07) is -0.847. The number of hydrogen-bond donors (Lipinski definition) is 1. The number of amides is 1. The van der Waals surface area contributed by atoms with Crippen molar-refractivity contribution >= 4 is 12.1 Å². The minimum absolute atomic E-state index is 0.0395. The Balaban J connectivity index is 2.97. The fourth-order valence-electron chi connectivity index (χ4n) is 2.61. The number of aliphatic hydroxyl groups excluding tert-OH is 1. The minimum Gasteiger partial charge on any atom is -0.467 e. The standard InChI is InChI=1S/C14H25NO5/c1-9-8-11(12(17)19-5)15(10(9)6-7-16)13(18)20-14(2,3)4/h9-11,16H,6-8H2,1-5H3/t9-,10-,11+/m1/s1. The van der Waals surface area contributed by atoms with Crippen molar-refractivity contribution in [1.82, 2.24) is 4.90 Å². The third-order valence-electron chi connectivity index (χ3n) is 3.45. The number of nitrogens with zero attached hydrogens (tertiary/aromatic N) is 1. The summed E-state index contributed by atoms with van der Waals surface area (Å²) in [4.78, 5) is 25.6. The first-order chi connectivity index (χ1) is 9.21. The van der Waals surface area contributed by atoms with Crippen molar-refractivity contribution in [2.75, 3.05) is 13.7 Å². The Hall–Kier alpha value is -1.30. The van der Waals surface area contributed by atoms with Crippen molar-refractivity contribution in [2.45, 2.75) is 58.2 Å². The molecule has 0 bridgehead atoms. The van der Waals surface area contributed by atoms with Crippen molar-refractivity contribution in [3.63, 3.8) is 0 Å². The third-order valence-corrected chi connectivity index (χ3v) is 3.45. The van der Waals surface area contributed by atoms with Crippen LogP contribution in [-0.4, -0.2) is 53.5 Å². The molecular formula is C14H25NO5. The SMILES string of the molecule is COC(=O)[C@@H]1C[C@@H](C)[C@@H](CCO)N1C(=O)OC(C)(C)C. The first kappa shape index (κ1) is 16.8. The van der Waals surface area contributed by atoms with Gasteiger partial charge in [-0.3, -0.25) is 4.90 Å². The number of ether oxygens (including phenoxy) is 2. The zero-order chi connectivity index (χ0) is 15.5. The summed E-state index contributed by atoms with van der Waals surface area (Å²) in [6.45, 7) is 7.25. The van der Waals surface area contributed by atoms with Gasteiger partial charge < -0.3 is 14.6 Å². The minimum atomic E-state index is -0.638. The molecule has 3 atom stereocenters. The lowest BCUT2D eigenvalue weighted by atomic mass is 9.99. The van der Waals surface area contributed by atoms with E-state index in [1.807, 2.05) is 6.92 Å². The van der Waals surface area contributed by atoms with Gasteiger partial charge in [0.2, 0.25) is 0 Å². The summed E-state index contributed by atoms with van der Waals surface area (Å²) < 4.78 is 10.1. The van der Waals surface area contributed by atoms with Crippen molar-refractivity contribution in [1.29, 1.82) is 0 Å². The van der Waals surface area contributed by atoms with Gasteiger partial charge in [0.15, 0.2) is 0 Å². The summed E-state index contributed by atoms with van der Waals surface area (Å²) in [5, 5.41) is 9.16. The summed E-state index contributed by atoms with van der Waals surface area (Å²) in [5.41, 5.74) is -0.632. The van der Waals surface area contributed by atoms with E-state index >= 15 is 0 Å². The molecule has 1 saturated heterocycles. The van der Waals surface area contributed by atoms with Gasteiger partial charge in [-0.05, 0) is 39.5 Å². The first-order valence-electron chi connectivity index (χ1n) is 6.91. The zero-order valence-electron chi connectivity index (χ0n) is 12.9. The van der Waals surface area contributed by atoms with Crippen LogP contribution in [0.5, 0.6) is 0 Å². The molecule has 0 saturated carbocycles. The molecule has 1 rings (SSSR count). The number of likely N-dealkylation sites (tertiary alicyclic amines) is 1. The van der Waals surface area contributed by atoms with Crippen LogP contribution in [-0.2, 0) is 14.3 Å². The normalized spacial score (nSPS) is 26.5. The zero-order valence-corrected chi connectivity index (χ0v) is 12.9. The maximum atomic E-state index is 12.3. The van der Waals surface area contributed by atoms with E-state index in [0.717, 1.165) is 0 Å². The van der Waals surface area contributed by atoms with Gasteiger partial charge in [0.1, 0.15) is 11.6 Å². The van der Waals surface area contributed by atoms with E-state index in [2.05, 4.69) is 0 Å². The number of methoxy groups -OCH3 is 1. The van der Waals surface area contributed by atoms with Gasteiger partial charge in [-0.15, -0.1) is 0 Å². The van der Waals surface area contributed by atoms with Crippen LogP contribution in [0.15, 0.2) is 0 Å². The Kier molecular flexibility index (Phi) is 5.39. The van der Waals surface area contributed by atoms with Crippen LogP contribution in [0.1, 0.15) is 40.5 Å². The monoisotopic (exact) mass is 287 g/mol. The quantitative estimate of drug-likeness (QED) is 0.797. The molecule has 0 unspecified atom stereocenters. The van der Waals surface area contributed by atoms with E-state index in [0.29, 0.717) is 12.8 Å². The molecule has 116 valence electrons. The molecule has 1 heterocycles. The van der Waals surface area contributed by atoms with E-state index in [1.165, 1.54) is 12.0 Å². The largest absolute Gasteiger partial charge is 0.467 e. The molecule has 1 amide bonds. The Labute approximate surface area is 120 Å². The second kappa shape index (κ2) is 6.43. The predicted octanol–water partition coefficient (Wildman–Crippen LogP) is 1.56. The highest BCUT2D eigenvalue weighted by Gasteiger charge is 2.46. The summed E-state index contributed by atoms with van der Waals surface area (Å²) >= 11 is 0. The molecule has 1 aliphatic rings. The van der Waals surface area contributed by atoms with E-state index in [9.17, 15) is 9.59 Å². The Bertz CT molecular complexity index is 363. The number of aliphatic hydroxyl groups is 1. The molecule has 20 heavy (non-hydrogen) atoms.